The van der Waals surface area contributed by atoms with E-state index in [1.807, 2.05) is 13.2 Å². The summed E-state index contributed by atoms with van der Waals surface area (Å²) in [4.78, 5) is 25.8. The van der Waals surface area contributed by atoms with Gasteiger partial charge in [-0.05, 0) is 37.1 Å². The molecule has 1 aromatic carbocycles. The fraction of sp³-hybridized carbons (Fsp3) is 0.407. The Morgan fingerprint density at radius 1 is 1.19 bits per heavy atom. The molecule has 6 rings (SSSR count). The third-order valence-corrected chi connectivity index (χ3v) is 7.63. The van der Waals surface area contributed by atoms with Gasteiger partial charge in [-0.15, -0.1) is 0 Å². The molecule has 0 saturated carbocycles. The number of aryl methyl sites for hydroxylation is 1. The molecular formula is C27H28ClFN6O2. The Morgan fingerprint density at radius 3 is 2.78 bits per heavy atom. The molecule has 0 amide bonds. The largest absolute Gasteiger partial charge is 0.370 e. The molecule has 4 aromatic rings. The SMILES string of the molecule is Cn1cc([C@H]2CN(c3cc4c(=O)n5c(nc4c(-c4ccc(Cl)cc4F)n3)C(C)(C)CCC5)CCO2)cn1. The highest BCUT2D eigenvalue weighted by atomic mass is 35.5. The number of nitrogens with zero attached hydrogens (tertiary/aromatic N) is 6. The molecule has 2 aliphatic rings. The van der Waals surface area contributed by atoms with Crippen LogP contribution in [0.25, 0.3) is 22.2 Å². The molecule has 1 fully saturated rings. The van der Waals surface area contributed by atoms with Crippen LogP contribution in [0.3, 0.4) is 0 Å². The second kappa shape index (κ2) is 8.92. The quantitative estimate of drug-likeness (QED) is 0.390. The van der Waals surface area contributed by atoms with E-state index in [9.17, 15) is 4.79 Å². The molecule has 1 saturated heterocycles. The molecule has 5 heterocycles. The third-order valence-electron chi connectivity index (χ3n) is 7.39. The smallest absolute Gasteiger partial charge is 0.261 e. The summed E-state index contributed by atoms with van der Waals surface area (Å²) in [6, 6.07) is 6.29. The molecule has 3 aromatic heterocycles. The van der Waals surface area contributed by atoms with Crippen LogP contribution in [0.15, 0.2) is 41.5 Å². The van der Waals surface area contributed by atoms with Gasteiger partial charge in [0, 0.05) is 54.4 Å². The van der Waals surface area contributed by atoms with Crippen LogP contribution < -0.4 is 10.5 Å². The van der Waals surface area contributed by atoms with Crippen LogP contribution in [-0.2, 0) is 23.7 Å². The molecule has 1 atom stereocenters. The van der Waals surface area contributed by atoms with E-state index in [1.54, 1.807) is 33.6 Å². The van der Waals surface area contributed by atoms with Gasteiger partial charge in [0.2, 0.25) is 0 Å². The second-order valence-electron chi connectivity index (χ2n) is 10.5. The first-order valence-electron chi connectivity index (χ1n) is 12.5. The molecule has 0 aliphatic carbocycles. The van der Waals surface area contributed by atoms with E-state index in [2.05, 4.69) is 23.8 Å². The van der Waals surface area contributed by atoms with Crippen molar-refractivity contribution in [2.75, 3.05) is 24.6 Å². The van der Waals surface area contributed by atoms with Crippen molar-refractivity contribution in [3.63, 3.8) is 0 Å². The molecule has 10 heteroatoms. The summed E-state index contributed by atoms with van der Waals surface area (Å²) < 4.78 is 24.8. The molecule has 0 spiro atoms. The van der Waals surface area contributed by atoms with Gasteiger partial charge < -0.3 is 9.64 Å². The van der Waals surface area contributed by atoms with Crippen LogP contribution in [0.5, 0.6) is 0 Å². The first kappa shape index (κ1) is 24.1. The minimum atomic E-state index is -0.507. The molecule has 2 aliphatic heterocycles. The molecular weight excluding hydrogens is 495 g/mol. The lowest BCUT2D eigenvalue weighted by molar-refractivity contribution is 0.0395. The van der Waals surface area contributed by atoms with Gasteiger partial charge in [0.05, 0.1) is 18.2 Å². The van der Waals surface area contributed by atoms with Gasteiger partial charge in [-0.25, -0.2) is 14.4 Å². The van der Waals surface area contributed by atoms with E-state index in [-0.39, 0.29) is 22.6 Å². The Balaban J connectivity index is 1.55. The summed E-state index contributed by atoms with van der Waals surface area (Å²) in [7, 11) is 1.87. The highest BCUT2D eigenvalue weighted by Crippen LogP contribution is 2.36. The molecule has 8 nitrogen and oxygen atoms in total. The number of hydrogen-bond acceptors (Lipinski definition) is 6. The predicted octanol–water partition coefficient (Wildman–Crippen LogP) is 4.63. The summed E-state index contributed by atoms with van der Waals surface area (Å²) in [5.41, 5.74) is 1.58. The molecule has 0 N–H and O–H groups in total. The van der Waals surface area contributed by atoms with Gasteiger partial charge >= 0.3 is 0 Å². The normalized spacial score (nSPS) is 19.3. The Labute approximate surface area is 218 Å². The van der Waals surface area contributed by atoms with Crippen molar-refractivity contribution >= 4 is 28.3 Å². The van der Waals surface area contributed by atoms with Gasteiger partial charge in [0.15, 0.2) is 0 Å². The first-order chi connectivity index (χ1) is 17.7. The second-order valence-corrected chi connectivity index (χ2v) is 10.9. The van der Waals surface area contributed by atoms with Gasteiger partial charge in [0.1, 0.15) is 34.8 Å². The average molecular weight is 523 g/mol. The highest BCUT2D eigenvalue weighted by Gasteiger charge is 2.32. The summed E-state index contributed by atoms with van der Waals surface area (Å²) in [6.45, 7) is 6.40. The van der Waals surface area contributed by atoms with Crippen LogP contribution in [0, 0.1) is 5.82 Å². The van der Waals surface area contributed by atoms with Gasteiger partial charge in [-0.1, -0.05) is 25.4 Å². The lowest BCUT2D eigenvalue weighted by atomic mass is 9.84. The lowest BCUT2D eigenvalue weighted by Crippen LogP contribution is -2.39. The van der Waals surface area contributed by atoms with E-state index in [0.29, 0.717) is 59.5 Å². The van der Waals surface area contributed by atoms with E-state index < -0.39 is 5.82 Å². The van der Waals surface area contributed by atoms with Crippen molar-refractivity contribution in [1.82, 2.24) is 24.3 Å². The maximum Gasteiger partial charge on any atom is 0.261 e. The lowest BCUT2D eigenvalue weighted by Gasteiger charge is -2.34. The fourth-order valence-electron chi connectivity index (χ4n) is 5.42. The monoisotopic (exact) mass is 522 g/mol. The zero-order valence-electron chi connectivity index (χ0n) is 21.0. The van der Waals surface area contributed by atoms with Crippen LogP contribution in [0.1, 0.15) is 44.2 Å². The summed E-state index contributed by atoms with van der Waals surface area (Å²) in [5.74, 6) is 0.792. The molecule has 192 valence electrons. The first-order valence-corrected chi connectivity index (χ1v) is 12.9. The van der Waals surface area contributed by atoms with Crippen LogP contribution >= 0.6 is 11.6 Å². The molecule has 37 heavy (non-hydrogen) atoms. The standard InChI is InChI=1S/C27H28ClFN6O2/c1-27(2)7-4-8-35-25(36)19-12-22(34-9-10-37-21(15-34)16-13-30-33(3)14-16)31-23(24(19)32-26(27)35)18-6-5-17(28)11-20(18)29/h5-6,11-14,21H,4,7-10,15H2,1-3H3/t21-/m1/s1. The van der Waals surface area contributed by atoms with Crippen LogP contribution in [0.4, 0.5) is 10.2 Å². The van der Waals surface area contributed by atoms with Crippen LogP contribution in [-0.4, -0.2) is 44.0 Å². The molecule has 0 radical (unpaired) electrons. The number of fused-ring (bicyclic) bond motifs is 2. The molecule has 0 unspecified atom stereocenters. The van der Waals surface area contributed by atoms with E-state index in [0.717, 1.165) is 18.4 Å². The number of rotatable bonds is 3. The zero-order valence-corrected chi connectivity index (χ0v) is 21.8. The van der Waals surface area contributed by atoms with Gasteiger partial charge in [-0.2, -0.15) is 5.10 Å². The predicted molar refractivity (Wildman–Crippen MR) is 141 cm³/mol. The highest BCUT2D eigenvalue weighted by molar-refractivity contribution is 6.30. The van der Waals surface area contributed by atoms with Crippen molar-refractivity contribution in [2.24, 2.45) is 7.05 Å². The van der Waals surface area contributed by atoms with Gasteiger partial charge in [-0.3, -0.25) is 14.0 Å². The van der Waals surface area contributed by atoms with Crippen LogP contribution in [0.2, 0.25) is 5.02 Å². The average Bonchev–Trinajstić information content (AvgIpc) is 3.31. The Hall–Kier alpha value is -3.30. The number of hydrogen-bond donors (Lipinski definition) is 0. The van der Waals surface area contributed by atoms with Crippen molar-refractivity contribution in [2.45, 2.75) is 44.8 Å². The minimum absolute atomic E-state index is 0.121. The van der Waals surface area contributed by atoms with Crippen molar-refractivity contribution in [1.29, 1.82) is 0 Å². The number of aromatic nitrogens is 5. The van der Waals surface area contributed by atoms with Crippen molar-refractivity contribution < 1.29 is 9.13 Å². The number of morpholine rings is 1. The zero-order chi connectivity index (χ0) is 25.9. The maximum absolute atomic E-state index is 15.2. The van der Waals surface area contributed by atoms with Gasteiger partial charge in [0.25, 0.3) is 5.56 Å². The summed E-state index contributed by atoms with van der Waals surface area (Å²) in [6.07, 6.45) is 5.35. The number of halogens is 2. The number of ether oxygens (including phenoxy) is 1. The van der Waals surface area contributed by atoms with Crippen molar-refractivity contribution in [3.8, 4) is 11.3 Å². The maximum atomic E-state index is 15.2. The Kier molecular flexibility index (Phi) is 5.80. The summed E-state index contributed by atoms with van der Waals surface area (Å²) >= 11 is 6.05. The number of pyridine rings is 1. The molecule has 0 bridgehead atoms. The third kappa shape index (κ3) is 4.20. The van der Waals surface area contributed by atoms with Crippen molar-refractivity contribution in [3.05, 3.63) is 69.2 Å². The fourth-order valence-corrected chi connectivity index (χ4v) is 5.58. The topological polar surface area (TPSA) is 78.1 Å². The number of anilines is 1. The van der Waals surface area contributed by atoms with E-state index in [1.165, 1.54) is 6.07 Å². The van der Waals surface area contributed by atoms with E-state index in [4.69, 9.17) is 26.3 Å². The van der Waals surface area contributed by atoms with E-state index >= 15 is 4.39 Å². The minimum Gasteiger partial charge on any atom is -0.370 e. The number of benzene rings is 1. The Bertz CT molecular complexity index is 1580. The summed E-state index contributed by atoms with van der Waals surface area (Å²) in [5, 5.41) is 4.99. The Morgan fingerprint density at radius 2 is 2.03 bits per heavy atom.